The Bertz CT molecular complexity index is 333. The molecule has 0 fully saturated rings. The highest BCUT2D eigenvalue weighted by atomic mass is 16.1. The predicted molar refractivity (Wildman–Crippen MR) is 44.5 cm³/mol. The molecule has 0 unspecified atom stereocenters. The van der Waals surface area contributed by atoms with Crippen molar-refractivity contribution in [2.24, 2.45) is 0 Å². The first-order valence-corrected chi connectivity index (χ1v) is 3.98. The molecule has 12 heavy (non-hydrogen) atoms. The summed E-state index contributed by atoms with van der Waals surface area (Å²) < 4.78 is 0. The van der Waals surface area contributed by atoms with Crippen LogP contribution in [0.4, 0.5) is 0 Å². The topological polar surface area (TPSA) is 42.0 Å². The van der Waals surface area contributed by atoms with Crippen LogP contribution < -0.4 is 5.32 Å². The maximum Gasteiger partial charge on any atom is 0.226 e. The van der Waals surface area contributed by atoms with Gasteiger partial charge in [-0.05, 0) is 18.6 Å². The van der Waals surface area contributed by atoms with Crippen molar-refractivity contribution in [2.45, 2.75) is 19.9 Å². The predicted octanol–water partition coefficient (Wildman–Crippen LogP) is 0.562. The van der Waals surface area contributed by atoms with Gasteiger partial charge in [0.25, 0.3) is 0 Å². The highest BCUT2D eigenvalue weighted by molar-refractivity contribution is 5.80. The van der Waals surface area contributed by atoms with Gasteiger partial charge in [-0.25, -0.2) is 0 Å². The number of carbonyl (C=O) groups excluding carboxylic acids is 1. The molecule has 1 N–H and O–H groups in total. The number of amides is 1. The Hall–Kier alpha value is -1.38. The minimum atomic E-state index is 0.0700. The molecule has 2 rings (SSSR count). The molecule has 0 bridgehead atoms. The quantitative estimate of drug-likeness (QED) is 0.605. The third kappa shape index (κ3) is 1.18. The van der Waals surface area contributed by atoms with E-state index in [1.54, 1.807) is 0 Å². The van der Waals surface area contributed by atoms with Crippen molar-refractivity contribution >= 4 is 5.91 Å². The standard InChI is InChI=1S/C9H10N2O/c1-6-2-3-7-5-10-9(12)4-8(7)11-6/h2-3H,4-5H2,1H3,(H,10,12). The van der Waals surface area contributed by atoms with Crippen LogP contribution in [0.2, 0.25) is 0 Å². The van der Waals surface area contributed by atoms with Gasteiger partial charge in [0.2, 0.25) is 5.91 Å². The largest absolute Gasteiger partial charge is 0.352 e. The fourth-order valence-corrected chi connectivity index (χ4v) is 1.36. The third-order valence-electron chi connectivity index (χ3n) is 2.01. The van der Waals surface area contributed by atoms with Gasteiger partial charge in [-0.3, -0.25) is 9.78 Å². The van der Waals surface area contributed by atoms with E-state index in [1.165, 1.54) is 0 Å². The summed E-state index contributed by atoms with van der Waals surface area (Å²) in [4.78, 5) is 15.3. The second-order valence-electron chi connectivity index (χ2n) is 3.01. The van der Waals surface area contributed by atoms with Crippen molar-refractivity contribution in [3.8, 4) is 0 Å². The summed E-state index contributed by atoms with van der Waals surface area (Å²) >= 11 is 0. The van der Waals surface area contributed by atoms with Gasteiger partial charge in [-0.1, -0.05) is 6.07 Å². The van der Waals surface area contributed by atoms with Gasteiger partial charge in [-0.15, -0.1) is 0 Å². The fraction of sp³-hybridized carbons (Fsp3) is 0.333. The number of aryl methyl sites for hydroxylation is 1. The third-order valence-corrected chi connectivity index (χ3v) is 2.01. The number of nitrogens with one attached hydrogen (secondary N) is 1. The molecule has 1 aromatic rings. The van der Waals surface area contributed by atoms with Crippen molar-refractivity contribution in [2.75, 3.05) is 0 Å². The smallest absolute Gasteiger partial charge is 0.226 e. The van der Waals surface area contributed by atoms with Crippen LogP contribution in [0.5, 0.6) is 0 Å². The number of hydrogen-bond donors (Lipinski definition) is 1. The van der Waals surface area contributed by atoms with Gasteiger partial charge in [-0.2, -0.15) is 0 Å². The Morgan fingerprint density at radius 1 is 1.50 bits per heavy atom. The Morgan fingerprint density at radius 2 is 2.33 bits per heavy atom. The van der Waals surface area contributed by atoms with Gasteiger partial charge < -0.3 is 5.32 Å². The van der Waals surface area contributed by atoms with Crippen LogP contribution in [-0.2, 0) is 17.8 Å². The maximum atomic E-state index is 11.0. The molecular weight excluding hydrogens is 152 g/mol. The van der Waals surface area contributed by atoms with E-state index in [2.05, 4.69) is 10.3 Å². The van der Waals surface area contributed by atoms with Crippen LogP contribution in [-0.4, -0.2) is 10.9 Å². The summed E-state index contributed by atoms with van der Waals surface area (Å²) in [7, 11) is 0. The fourth-order valence-electron chi connectivity index (χ4n) is 1.36. The average molecular weight is 162 g/mol. The minimum Gasteiger partial charge on any atom is -0.352 e. The summed E-state index contributed by atoms with van der Waals surface area (Å²) in [6.07, 6.45) is 0.428. The summed E-state index contributed by atoms with van der Waals surface area (Å²) in [5.74, 6) is 0.0700. The van der Waals surface area contributed by atoms with E-state index in [0.717, 1.165) is 17.0 Å². The normalized spacial score (nSPS) is 15.2. The van der Waals surface area contributed by atoms with Gasteiger partial charge in [0.05, 0.1) is 12.1 Å². The zero-order valence-corrected chi connectivity index (χ0v) is 6.92. The number of nitrogens with zero attached hydrogens (tertiary/aromatic N) is 1. The van der Waals surface area contributed by atoms with Crippen LogP contribution >= 0.6 is 0 Å². The second kappa shape index (κ2) is 2.59. The Kier molecular flexibility index (Phi) is 1.57. The monoisotopic (exact) mass is 162 g/mol. The molecule has 1 aliphatic rings. The SMILES string of the molecule is Cc1ccc2c(n1)CC(=O)NC2. The van der Waals surface area contributed by atoms with Crippen LogP contribution in [0.1, 0.15) is 17.0 Å². The molecule has 3 nitrogen and oxygen atoms in total. The molecule has 0 saturated carbocycles. The van der Waals surface area contributed by atoms with Crippen LogP contribution in [0.3, 0.4) is 0 Å². The number of carbonyl (C=O) groups is 1. The summed E-state index contributed by atoms with van der Waals surface area (Å²) in [6, 6.07) is 3.99. The molecule has 2 heterocycles. The van der Waals surface area contributed by atoms with Gasteiger partial charge in [0.15, 0.2) is 0 Å². The van der Waals surface area contributed by atoms with Crippen molar-refractivity contribution in [1.82, 2.24) is 10.3 Å². The second-order valence-corrected chi connectivity index (χ2v) is 3.01. The highest BCUT2D eigenvalue weighted by Crippen LogP contribution is 2.11. The highest BCUT2D eigenvalue weighted by Gasteiger charge is 2.15. The molecule has 0 saturated heterocycles. The molecule has 0 radical (unpaired) electrons. The maximum absolute atomic E-state index is 11.0. The summed E-state index contributed by atoms with van der Waals surface area (Å²) in [5.41, 5.74) is 3.04. The average Bonchev–Trinajstić information content (AvgIpc) is 2.03. The van der Waals surface area contributed by atoms with Crippen molar-refractivity contribution < 1.29 is 4.79 Å². The lowest BCUT2D eigenvalue weighted by atomic mass is 10.1. The van der Waals surface area contributed by atoms with E-state index in [1.807, 2.05) is 19.1 Å². The first-order chi connectivity index (χ1) is 5.75. The van der Waals surface area contributed by atoms with Gasteiger partial charge >= 0.3 is 0 Å². The number of rotatable bonds is 0. The van der Waals surface area contributed by atoms with Crippen molar-refractivity contribution in [1.29, 1.82) is 0 Å². The van der Waals surface area contributed by atoms with E-state index in [0.29, 0.717) is 13.0 Å². The molecule has 1 amide bonds. The lowest BCUT2D eigenvalue weighted by molar-refractivity contribution is -0.121. The van der Waals surface area contributed by atoms with E-state index in [9.17, 15) is 4.79 Å². The molecule has 1 aliphatic heterocycles. The lowest BCUT2D eigenvalue weighted by Crippen LogP contribution is -2.30. The van der Waals surface area contributed by atoms with Crippen LogP contribution in [0.15, 0.2) is 12.1 Å². The van der Waals surface area contributed by atoms with E-state index in [4.69, 9.17) is 0 Å². The molecule has 0 spiro atoms. The van der Waals surface area contributed by atoms with E-state index < -0.39 is 0 Å². The number of fused-ring (bicyclic) bond motifs is 1. The van der Waals surface area contributed by atoms with E-state index in [-0.39, 0.29) is 5.91 Å². The summed E-state index contributed by atoms with van der Waals surface area (Å²) in [6.45, 7) is 2.56. The molecule has 62 valence electrons. The van der Waals surface area contributed by atoms with Gasteiger partial charge in [0, 0.05) is 12.2 Å². The molecule has 3 heteroatoms. The Balaban J connectivity index is 2.44. The zero-order valence-electron chi connectivity index (χ0n) is 6.92. The van der Waals surface area contributed by atoms with Gasteiger partial charge in [0.1, 0.15) is 0 Å². The number of hydrogen-bond acceptors (Lipinski definition) is 2. The van der Waals surface area contributed by atoms with Crippen molar-refractivity contribution in [3.63, 3.8) is 0 Å². The molecule has 0 atom stereocenters. The molecular formula is C9H10N2O. The first-order valence-electron chi connectivity index (χ1n) is 3.98. The lowest BCUT2D eigenvalue weighted by Gasteiger charge is -2.15. The van der Waals surface area contributed by atoms with Crippen LogP contribution in [0, 0.1) is 6.92 Å². The molecule has 0 aliphatic carbocycles. The Morgan fingerprint density at radius 3 is 3.17 bits per heavy atom. The molecule has 0 aromatic carbocycles. The van der Waals surface area contributed by atoms with Crippen molar-refractivity contribution in [3.05, 3.63) is 29.1 Å². The first kappa shape index (κ1) is 7.28. The number of pyridine rings is 1. The van der Waals surface area contributed by atoms with Crippen LogP contribution in [0.25, 0.3) is 0 Å². The summed E-state index contributed by atoms with van der Waals surface area (Å²) in [5, 5.41) is 2.78. The molecule has 1 aromatic heterocycles. The Labute approximate surface area is 70.8 Å². The number of aromatic nitrogens is 1. The van der Waals surface area contributed by atoms with E-state index >= 15 is 0 Å². The zero-order chi connectivity index (χ0) is 8.55. The minimum absolute atomic E-state index is 0.0700.